The van der Waals surface area contributed by atoms with Gasteiger partial charge in [0.05, 0.1) is 39.9 Å². The second-order valence-electron chi connectivity index (χ2n) is 20.3. The first-order valence-electron chi connectivity index (χ1n) is 28.2. The number of hydrogen-bond acceptors (Lipinski definition) is 5. The number of aliphatic hydroxyl groups excluding tert-OH is 1. The Morgan fingerprint density at radius 1 is 0.507 bits per heavy atom. The van der Waals surface area contributed by atoms with E-state index >= 15 is 0 Å². The van der Waals surface area contributed by atoms with E-state index in [4.69, 9.17) is 9.05 Å². The average Bonchev–Trinajstić information content (AvgIpc) is 3.29. The van der Waals surface area contributed by atoms with Crippen LogP contribution in [0.3, 0.4) is 0 Å². The molecule has 0 saturated heterocycles. The fourth-order valence-corrected chi connectivity index (χ4v) is 8.74. The highest BCUT2D eigenvalue weighted by atomic mass is 31.2. The number of aliphatic hydroxyl groups is 1. The Kier molecular flexibility index (Phi) is 47.9. The first-order valence-corrected chi connectivity index (χ1v) is 29.7. The second kappa shape index (κ2) is 49.2. The lowest BCUT2D eigenvalue weighted by Crippen LogP contribution is -2.45. The minimum absolute atomic E-state index is 0.0544. The van der Waals surface area contributed by atoms with Crippen LogP contribution in [0.1, 0.15) is 251 Å². The molecular weight excluding hydrogens is 852 g/mol. The maximum Gasteiger partial charge on any atom is 0.472 e. The van der Waals surface area contributed by atoms with Crippen molar-refractivity contribution in [2.75, 3.05) is 40.9 Å². The number of carbonyl (C=O) groups is 1. The molecule has 3 unspecified atom stereocenters. The molecule has 67 heavy (non-hydrogen) atoms. The average molecular weight is 962 g/mol. The number of hydrogen-bond donors (Lipinski definition) is 3. The van der Waals surface area contributed by atoms with Gasteiger partial charge in [0.2, 0.25) is 5.91 Å². The number of phosphoric ester groups is 1. The fourth-order valence-electron chi connectivity index (χ4n) is 8.01. The molecule has 3 N–H and O–H groups in total. The van der Waals surface area contributed by atoms with Crippen LogP contribution in [0.5, 0.6) is 0 Å². The molecule has 1 amide bonds. The van der Waals surface area contributed by atoms with Gasteiger partial charge in [-0.15, -0.1) is 0 Å². The summed E-state index contributed by atoms with van der Waals surface area (Å²) in [5, 5.41) is 13.9. The highest BCUT2D eigenvalue weighted by Gasteiger charge is 2.27. The van der Waals surface area contributed by atoms with Crippen molar-refractivity contribution in [2.45, 2.75) is 264 Å². The van der Waals surface area contributed by atoms with E-state index in [1.807, 2.05) is 27.2 Å². The molecule has 0 spiro atoms. The Balaban J connectivity index is 4.25. The van der Waals surface area contributed by atoms with E-state index < -0.39 is 20.0 Å². The van der Waals surface area contributed by atoms with Crippen LogP contribution in [0, 0.1) is 0 Å². The van der Waals surface area contributed by atoms with Gasteiger partial charge in [-0.05, 0) is 70.6 Å². The van der Waals surface area contributed by atoms with Crippen molar-refractivity contribution in [3.63, 3.8) is 0 Å². The number of phosphoric acid groups is 1. The van der Waals surface area contributed by atoms with Gasteiger partial charge in [0.25, 0.3) is 0 Å². The smallest absolute Gasteiger partial charge is 0.387 e. The maximum atomic E-state index is 13.0. The molecule has 8 nitrogen and oxygen atoms in total. The quantitative estimate of drug-likeness (QED) is 0.0243. The molecule has 0 aromatic heterocycles. The summed E-state index contributed by atoms with van der Waals surface area (Å²) in [6, 6.07) is -0.867. The number of nitrogens with zero attached hydrogens (tertiary/aromatic N) is 1. The van der Waals surface area contributed by atoms with E-state index in [2.05, 4.69) is 67.8 Å². The molecule has 392 valence electrons. The van der Waals surface area contributed by atoms with Crippen LogP contribution in [-0.4, -0.2) is 73.4 Å². The Labute approximate surface area is 415 Å². The van der Waals surface area contributed by atoms with Gasteiger partial charge in [-0.3, -0.25) is 13.8 Å². The Morgan fingerprint density at radius 2 is 0.866 bits per heavy atom. The zero-order valence-electron chi connectivity index (χ0n) is 44.6. The summed E-state index contributed by atoms with van der Waals surface area (Å²) in [5.74, 6) is -0.189. The minimum Gasteiger partial charge on any atom is -0.387 e. The monoisotopic (exact) mass is 962 g/mol. The fraction of sp³-hybridized carbons (Fsp3) is 0.810. The van der Waals surface area contributed by atoms with Crippen LogP contribution in [0.15, 0.2) is 60.8 Å². The van der Waals surface area contributed by atoms with Crippen LogP contribution < -0.4 is 5.32 Å². The lowest BCUT2D eigenvalue weighted by molar-refractivity contribution is -0.870. The number of allylic oxidation sites excluding steroid dienone is 9. The Bertz CT molecular complexity index is 1270. The van der Waals surface area contributed by atoms with Gasteiger partial charge in [-0.1, -0.05) is 235 Å². The highest BCUT2D eigenvalue weighted by molar-refractivity contribution is 7.47. The second-order valence-corrected chi connectivity index (χ2v) is 21.8. The summed E-state index contributed by atoms with van der Waals surface area (Å²) in [6.07, 6.45) is 66.0. The molecule has 0 aliphatic heterocycles. The predicted octanol–water partition coefficient (Wildman–Crippen LogP) is 16.9. The normalized spacial score (nSPS) is 14.4. The van der Waals surface area contributed by atoms with E-state index in [0.29, 0.717) is 17.4 Å². The van der Waals surface area contributed by atoms with Crippen molar-refractivity contribution < 1.29 is 32.9 Å². The number of unbranched alkanes of at least 4 members (excludes halogenated alkanes) is 30. The van der Waals surface area contributed by atoms with Gasteiger partial charge in [-0.25, -0.2) is 4.57 Å². The van der Waals surface area contributed by atoms with Crippen molar-refractivity contribution in [2.24, 2.45) is 0 Å². The predicted molar refractivity (Wildman–Crippen MR) is 290 cm³/mol. The van der Waals surface area contributed by atoms with E-state index in [-0.39, 0.29) is 19.1 Å². The number of carbonyl (C=O) groups excluding carboxylic acids is 1. The largest absolute Gasteiger partial charge is 0.472 e. The van der Waals surface area contributed by atoms with E-state index in [9.17, 15) is 19.4 Å². The first-order chi connectivity index (χ1) is 32.5. The van der Waals surface area contributed by atoms with Crippen LogP contribution in [0.4, 0.5) is 0 Å². The molecule has 0 aliphatic carbocycles. The molecule has 0 rings (SSSR count). The number of likely N-dealkylation sites (N-methyl/N-ethyl adjacent to an activating group) is 1. The molecule has 0 saturated carbocycles. The van der Waals surface area contributed by atoms with Crippen molar-refractivity contribution >= 4 is 13.7 Å². The van der Waals surface area contributed by atoms with Gasteiger partial charge in [-0.2, -0.15) is 0 Å². The van der Waals surface area contributed by atoms with Gasteiger partial charge in [0.1, 0.15) is 13.2 Å². The number of nitrogens with one attached hydrogen (secondary N) is 1. The van der Waals surface area contributed by atoms with Crippen LogP contribution in [0.25, 0.3) is 0 Å². The SMILES string of the molecule is CCCCCCC/C=C\C/C=C\C/C=C\CCCCCCCCCCCCCCC(=O)NC(COP(=O)(O)OCC[N+](C)(C)C)C(O)/C=C/CC/C=C/CCCCCCCCCCCCCC. The summed E-state index contributed by atoms with van der Waals surface area (Å²) in [5.41, 5.74) is 0. The summed E-state index contributed by atoms with van der Waals surface area (Å²) >= 11 is 0. The summed E-state index contributed by atoms with van der Waals surface area (Å²) in [7, 11) is 1.55. The minimum atomic E-state index is -4.36. The molecule has 0 radical (unpaired) electrons. The number of rotatable bonds is 51. The highest BCUT2D eigenvalue weighted by Crippen LogP contribution is 2.43. The molecular formula is C58H110N2O6P+. The van der Waals surface area contributed by atoms with Crippen molar-refractivity contribution in [3.05, 3.63) is 60.8 Å². The van der Waals surface area contributed by atoms with Gasteiger partial charge in [0.15, 0.2) is 0 Å². The molecule has 9 heteroatoms. The molecule has 0 heterocycles. The van der Waals surface area contributed by atoms with E-state index in [0.717, 1.165) is 51.4 Å². The topological polar surface area (TPSA) is 105 Å². The molecule has 3 atom stereocenters. The first kappa shape index (κ1) is 65.2. The standard InChI is InChI=1S/C58H109N2O6P/c1-6-8-10-12-14-16-18-20-22-24-26-27-28-29-30-31-32-33-34-36-38-40-42-44-46-48-50-52-58(62)59-56(55-66-67(63,64)65-54-53-60(3,4)5)57(61)51-49-47-45-43-41-39-37-35-25-23-21-19-17-15-13-11-9-7-2/h18,20,24,26,28-29,41,43,49,51,56-57,61H,6-17,19,21-23,25,27,30-40,42,44-48,50,52-55H2,1-5H3,(H-,59,62,63,64)/p+1/b20-18-,26-24-,29-28-,43-41+,51-49+. The van der Waals surface area contributed by atoms with E-state index in [1.54, 1.807) is 6.08 Å². The van der Waals surface area contributed by atoms with Crippen molar-refractivity contribution in [3.8, 4) is 0 Å². The molecule has 0 aromatic carbocycles. The zero-order chi connectivity index (χ0) is 49.2. The Hall–Kier alpha value is -1.80. The van der Waals surface area contributed by atoms with Gasteiger partial charge in [0, 0.05) is 6.42 Å². The Morgan fingerprint density at radius 3 is 1.30 bits per heavy atom. The van der Waals surface area contributed by atoms with Crippen LogP contribution >= 0.6 is 7.82 Å². The molecule has 0 bridgehead atoms. The van der Waals surface area contributed by atoms with Gasteiger partial charge < -0.3 is 19.8 Å². The summed E-state index contributed by atoms with van der Waals surface area (Å²) in [6.45, 7) is 4.80. The van der Waals surface area contributed by atoms with Crippen LogP contribution in [-0.2, 0) is 18.4 Å². The lowest BCUT2D eigenvalue weighted by Gasteiger charge is -2.25. The molecule has 0 aliphatic rings. The summed E-state index contributed by atoms with van der Waals surface area (Å²) < 4.78 is 23.7. The van der Waals surface area contributed by atoms with Gasteiger partial charge >= 0.3 is 7.82 Å². The van der Waals surface area contributed by atoms with E-state index in [1.165, 1.54) is 180 Å². The lowest BCUT2D eigenvalue weighted by atomic mass is 10.0. The van der Waals surface area contributed by atoms with Crippen molar-refractivity contribution in [1.29, 1.82) is 0 Å². The number of amides is 1. The van der Waals surface area contributed by atoms with Crippen LogP contribution in [0.2, 0.25) is 0 Å². The summed E-state index contributed by atoms with van der Waals surface area (Å²) in [4.78, 5) is 23.3. The zero-order valence-corrected chi connectivity index (χ0v) is 45.5. The third-order valence-electron chi connectivity index (χ3n) is 12.5. The molecule has 0 fully saturated rings. The molecule has 0 aromatic rings. The third kappa shape index (κ3) is 51.9. The number of quaternary nitrogens is 1. The van der Waals surface area contributed by atoms with Crippen molar-refractivity contribution in [1.82, 2.24) is 5.32 Å². The third-order valence-corrected chi connectivity index (χ3v) is 13.4. The maximum absolute atomic E-state index is 13.0.